The van der Waals surface area contributed by atoms with Crippen LogP contribution in [0.2, 0.25) is 0 Å². The molecule has 0 saturated carbocycles. The molecule has 0 spiro atoms. The Labute approximate surface area is 245 Å². The van der Waals surface area contributed by atoms with Gasteiger partial charge in [-0.15, -0.1) is 4.91 Å². The maximum absolute atomic E-state index is 11.7. The zero-order chi connectivity index (χ0) is 29.2. The second-order valence-corrected chi connectivity index (χ2v) is 11.6. The van der Waals surface area contributed by atoms with Crippen molar-refractivity contribution < 1.29 is 4.79 Å². The van der Waals surface area contributed by atoms with E-state index in [2.05, 4.69) is 84.8 Å². The third kappa shape index (κ3) is 7.98. The third-order valence-electron chi connectivity index (χ3n) is 7.85. The number of carbonyl (C=O) groups excluding carboxylic acids is 1. The first-order valence-electron chi connectivity index (χ1n) is 15.1. The Bertz CT molecular complexity index is 1370. The van der Waals surface area contributed by atoms with Crippen molar-refractivity contribution in [2.45, 2.75) is 85.9 Å². The van der Waals surface area contributed by atoms with Gasteiger partial charge in [0.05, 0.1) is 11.4 Å². The Hall–Kier alpha value is -3.64. The second kappa shape index (κ2) is 14.8. The van der Waals surface area contributed by atoms with Gasteiger partial charge in [-0.3, -0.25) is 9.69 Å². The van der Waals surface area contributed by atoms with Gasteiger partial charge in [0.15, 0.2) is 0 Å². The molecule has 6 heteroatoms. The average Bonchev–Trinajstić information content (AvgIpc) is 3.19. The Morgan fingerprint density at radius 3 is 2.51 bits per heavy atom. The van der Waals surface area contributed by atoms with Gasteiger partial charge in [0.2, 0.25) is 0 Å². The van der Waals surface area contributed by atoms with Crippen LogP contribution in [0.15, 0.2) is 77.5 Å². The zero-order valence-electron chi connectivity index (χ0n) is 25.1. The predicted octanol–water partition coefficient (Wildman–Crippen LogP) is 8.82. The van der Waals surface area contributed by atoms with Gasteiger partial charge in [-0.05, 0) is 69.2 Å². The lowest BCUT2D eigenvalue weighted by atomic mass is 10.1. The molecule has 2 aromatic carbocycles. The summed E-state index contributed by atoms with van der Waals surface area (Å²) in [4.78, 5) is 30.3. The van der Waals surface area contributed by atoms with E-state index in [4.69, 9.17) is 4.98 Å². The molecule has 0 aliphatic heterocycles. The summed E-state index contributed by atoms with van der Waals surface area (Å²) in [6.07, 6.45) is 11.2. The Balaban J connectivity index is 1.79. The van der Waals surface area contributed by atoms with E-state index < -0.39 is 5.91 Å². The van der Waals surface area contributed by atoms with Gasteiger partial charge in [-0.1, -0.05) is 87.4 Å². The number of amides is 1. The second-order valence-electron chi connectivity index (χ2n) is 11.6. The summed E-state index contributed by atoms with van der Waals surface area (Å²) in [5, 5.41) is 2.56. The van der Waals surface area contributed by atoms with E-state index in [0.717, 1.165) is 80.9 Å². The Morgan fingerprint density at radius 2 is 1.83 bits per heavy atom. The molecule has 0 unspecified atom stereocenters. The van der Waals surface area contributed by atoms with Crippen molar-refractivity contribution in [3.8, 4) is 11.3 Å². The van der Waals surface area contributed by atoms with Gasteiger partial charge < -0.3 is 4.57 Å². The number of allylic oxidation sites excluding steroid dienone is 4. The largest absolute Gasteiger partial charge is 0.326 e. The van der Waals surface area contributed by atoms with E-state index in [1.54, 1.807) is 12.1 Å². The van der Waals surface area contributed by atoms with Crippen LogP contribution in [0.3, 0.4) is 0 Å². The van der Waals surface area contributed by atoms with Crippen LogP contribution in [-0.2, 0) is 19.6 Å². The van der Waals surface area contributed by atoms with Crippen LogP contribution in [0.5, 0.6) is 0 Å². The van der Waals surface area contributed by atoms with Gasteiger partial charge >= 0.3 is 5.91 Å². The number of rotatable bonds is 13. The molecule has 0 atom stereocenters. The minimum Gasteiger partial charge on any atom is -0.326 e. The molecule has 0 N–H and O–H groups in total. The molecular formula is C35H44N4O2. The molecule has 6 nitrogen and oxygen atoms in total. The summed E-state index contributed by atoms with van der Waals surface area (Å²) in [6, 6.07) is 17.8. The molecule has 0 radical (unpaired) electrons. The van der Waals surface area contributed by atoms with Crippen molar-refractivity contribution in [2.24, 2.45) is 11.1 Å². The van der Waals surface area contributed by atoms with Crippen LogP contribution < -0.4 is 0 Å². The number of hydrogen-bond donors (Lipinski definition) is 0. The highest BCUT2D eigenvalue weighted by Crippen LogP contribution is 2.33. The summed E-state index contributed by atoms with van der Waals surface area (Å²) >= 11 is 0. The molecule has 216 valence electrons. The number of aromatic nitrogens is 2. The lowest BCUT2D eigenvalue weighted by Crippen LogP contribution is -2.27. The first-order valence-corrected chi connectivity index (χ1v) is 15.1. The van der Waals surface area contributed by atoms with Gasteiger partial charge in [-0.2, -0.15) is 0 Å². The van der Waals surface area contributed by atoms with Crippen LogP contribution in [0.1, 0.15) is 93.7 Å². The highest BCUT2D eigenvalue weighted by atomic mass is 16.3. The summed E-state index contributed by atoms with van der Waals surface area (Å²) in [7, 11) is 0. The molecule has 3 aromatic rings. The van der Waals surface area contributed by atoms with E-state index in [9.17, 15) is 9.70 Å². The molecule has 0 bridgehead atoms. The van der Waals surface area contributed by atoms with Crippen LogP contribution in [-0.4, -0.2) is 26.9 Å². The van der Waals surface area contributed by atoms with Gasteiger partial charge in [0.1, 0.15) is 5.82 Å². The standard InChI is InChI=1S/C35H44N4O2/c1-5-6-22-39-32(25-38(23-21-26(2)3)24-28-17-19-30(20-18-28)35(40)37-41)33(29-14-10-8-11-15-29)36-34(39)31-16-12-7-9-13-27(31)4/h8,10-12,14-20,26H,5-7,9,13,21-25H2,1-4H3. The van der Waals surface area contributed by atoms with Gasteiger partial charge in [0.25, 0.3) is 0 Å². The quantitative estimate of drug-likeness (QED) is 0.199. The van der Waals surface area contributed by atoms with Crippen molar-refractivity contribution in [1.82, 2.24) is 14.5 Å². The first-order chi connectivity index (χ1) is 19.9. The number of unbranched alkanes of at least 4 members (excludes halogenated alkanes) is 1. The van der Waals surface area contributed by atoms with E-state index in [-0.39, 0.29) is 0 Å². The fraction of sp³-hybridized carbons (Fsp3) is 0.429. The smallest absolute Gasteiger partial charge is 0.316 e. The molecular weight excluding hydrogens is 508 g/mol. The molecule has 0 fully saturated rings. The first kappa shape index (κ1) is 30.3. The number of nitroso groups, excluding NO2 is 1. The fourth-order valence-corrected chi connectivity index (χ4v) is 5.40. The van der Waals surface area contributed by atoms with Crippen molar-refractivity contribution in [1.29, 1.82) is 0 Å². The van der Waals surface area contributed by atoms with Gasteiger partial charge in [0, 0.05) is 41.5 Å². The SMILES string of the molecule is CCCCn1c(C2=C(C)CCCC=C2)nc(-c2ccccc2)c1CN(CCC(C)C)Cc1ccc(C(=O)N=O)cc1. The number of hydrogen-bond acceptors (Lipinski definition) is 4. The van der Waals surface area contributed by atoms with E-state index in [0.29, 0.717) is 11.5 Å². The summed E-state index contributed by atoms with van der Waals surface area (Å²) in [5.41, 5.74) is 7.54. The number of nitrogens with zero attached hydrogens (tertiary/aromatic N) is 4. The van der Waals surface area contributed by atoms with Crippen molar-refractivity contribution >= 4 is 11.5 Å². The molecule has 0 saturated heterocycles. The van der Waals surface area contributed by atoms with Crippen molar-refractivity contribution in [3.05, 3.63) is 99.9 Å². The fourth-order valence-electron chi connectivity index (χ4n) is 5.40. The van der Waals surface area contributed by atoms with E-state index in [1.165, 1.54) is 23.3 Å². The molecule has 4 rings (SSSR count). The van der Waals surface area contributed by atoms with Gasteiger partial charge in [-0.25, -0.2) is 4.98 Å². The number of imidazole rings is 1. The minimum atomic E-state index is -0.731. The Kier molecular flexibility index (Phi) is 11.0. The summed E-state index contributed by atoms with van der Waals surface area (Å²) in [5.74, 6) is 0.926. The maximum Gasteiger partial charge on any atom is 0.316 e. The van der Waals surface area contributed by atoms with Crippen LogP contribution in [0.4, 0.5) is 0 Å². The molecule has 1 aliphatic carbocycles. The van der Waals surface area contributed by atoms with Crippen LogP contribution in [0, 0.1) is 10.8 Å². The zero-order valence-corrected chi connectivity index (χ0v) is 25.1. The minimum absolute atomic E-state index is 0.325. The molecule has 1 heterocycles. The topological polar surface area (TPSA) is 67.6 Å². The van der Waals surface area contributed by atoms with Crippen molar-refractivity contribution in [2.75, 3.05) is 6.54 Å². The number of carbonyl (C=O) groups is 1. The molecule has 1 aromatic heterocycles. The maximum atomic E-state index is 11.7. The lowest BCUT2D eigenvalue weighted by Gasteiger charge is -2.25. The van der Waals surface area contributed by atoms with Crippen molar-refractivity contribution in [3.63, 3.8) is 0 Å². The molecule has 1 aliphatic rings. The molecule has 1 amide bonds. The summed E-state index contributed by atoms with van der Waals surface area (Å²) < 4.78 is 2.49. The lowest BCUT2D eigenvalue weighted by molar-refractivity contribution is 0.100. The number of benzene rings is 2. The monoisotopic (exact) mass is 552 g/mol. The van der Waals surface area contributed by atoms with E-state index in [1.807, 2.05) is 12.1 Å². The highest BCUT2D eigenvalue weighted by Gasteiger charge is 2.23. The van der Waals surface area contributed by atoms with E-state index >= 15 is 0 Å². The molecule has 41 heavy (non-hydrogen) atoms. The third-order valence-corrected chi connectivity index (χ3v) is 7.85. The Morgan fingerprint density at radius 1 is 1.07 bits per heavy atom. The average molecular weight is 553 g/mol. The predicted molar refractivity (Wildman–Crippen MR) is 168 cm³/mol. The normalized spacial score (nSPS) is 13.7. The summed E-state index contributed by atoms with van der Waals surface area (Å²) in [6.45, 7) is 12.4. The van der Waals surface area contributed by atoms with Crippen LogP contribution in [0.25, 0.3) is 16.8 Å². The van der Waals surface area contributed by atoms with Crippen LogP contribution >= 0.6 is 0 Å². The highest BCUT2D eigenvalue weighted by molar-refractivity contribution is 5.94.